The van der Waals surface area contributed by atoms with Crippen molar-refractivity contribution >= 4 is 5.78 Å². The van der Waals surface area contributed by atoms with Gasteiger partial charge in [-0.05, 0) is 17.7 Å². The van der Waals surface area contributed by atoms with Gasteiger partial charge in [-0.2, -0.15) is 13.2 Å². The largest absolute Gasteiger partial charge is 0.416 e. The van der Waals surface area contributed by atoms with E-state index in [1.54, 1.807) is 0 Å². The molecule has 106 valence electrons. The zero-order valence-electron chi connectivity index (χ0n) is 11.1. The highest BCUT2D eigenvalue weighted by molar-refractivity contribution is 5.81. The Morgan fingerprint density at radius 3 is 2.26 bits per heavy atom. The van der Waals surface area contributed by atoms with E-state index in [0.29, 0.717) is 24.6 Å². The summed E-state index contributed by atoms with van der Waals surface area (Å²) in [5.74, 6) is 0.0212. The normalized spacial score (nSPS) is 11.9. The molecule has 0 spiro atoms. The van der Waals surface area contributed by atoms with Gasteiger partial charge < -0.3 is 5.32 Å². The topological polar surface area (TPSA) is 29.1 Å². The molecule has 0 saturated heterocycles. The highest BCUT2D eigenvalue weighted by Gasteiger charge is 2.29. The number of carbonyl (C=O) groups excluding carboxylic acids is 1. The van der Waals surface area contributed by atoms with E-state index in [1.165, 1.54) is 12.1 Å². The summed E-state index contributed by atoms with van der Waals surface area (Å²) in [6, 6.07) is 5.05. The Kier molecular flexibility index (Phi) is 5.54. The summed E-state index contributed by atoms with van der Waals surface area (Å²) in [6.07, 6.45) is -3.76. The number of rotatable bonds is 6. The predicted molar refractivity (Wildman–Crippen MR) is 67.9 cm³/mol. The van der Waals surface area contributed by atoms with E-state index in [9.17, 15) is 18.0 Å². The number of halogens is 3. The average Bonchev–Trinajstić information content (AvgIpc) is 2.27. The molecule has 0 aromatic heterocycles. The number of Topliss-reactive ketones (excluding diaryl/α,β-unsaturated/α-hetero) is 1. The summed E-state index contributed by atoms with van der Waals surface area (Å²) in [5, 5.41) is 3.12. The van der Waals surface area contributed by atoms with E-state index in [2.05, 4.69) is 5.32 Å². The molecule has 0 unspecified atom stereocenters. The number of hydrogen-bond acceptors (Lipinski definition) is 2. The van der Waals surface area contributed by atoms with Crippen LogP contribution in [-0.4, -0.2) is 18.4 Å². The molecule has 19 heavy (non-hydrogen) atoms. The third kappa shape index (κ3) is 5.87. The third-order valence-corrected chi connectivity index (χ3v) is 2.64. The number of ketones is 1. The van der Waals surface area contributed by atoms with E-state index in [1.807, 2.05) is 13.8 Å². The van der Waals surface area contributed by atoms with Gasteiger partial charge in [-0.25, -0.2) is 0 Å². The van der Waals surface area contributed by atoms with E-state index in [0.717, 1.165) is 12.1 Å². The SMILES string of the molecule is CC(C)NCCC(=O)Cc1ccc(C(F)(F)F)cc1. The first-order valence-corrected chi connectivity index (χ1v) is 6.20. The van der Waals surface area contributed by atoms with E-state index in [-0.39, 0.29) is 12.2 Å². The highest BCUT2D eigenvalue weighted by atomic mass is 19.4. The summed E-state index contributed by atoms with van der Waals surface area (Å²) < 4.78 is 37.0. The molecule has 0 saturated carbocycles. The third-order valence-electron chi connectivity index (χ3n) is 2.64. The summed E-state index contributed by atoms with van der Waals surface area (Å²) in [7, 11) is 0. The minimum atomic E-state index is -4.33. The number of hydrogen-bond donors (Lipinski definition) is 1. The van der Waals surface area contributed by atoms with Gasteiger partial charge in [0.1, 0.15) is 5.78 Å². The minimum absolute atomic E-state index is 0.0212. The molecule has 0 aliphatic rings. The second kappa shape index (κ2) is 6.70. The van der Waals surface area contributed by atoms with Crippen LogP contribution in [-0.2, 0) is 17.4 Å². The molecule has 1 aromatic rings. The fourth-order valence-electron chi connectivity index (χ4n) is 1.63. The van der Waals surface area contributed by atoms with Crippen molar-refractivity contribution in [3.05, 3.63) is 35.4 Å². The van der Waals surface area contributed by atoms with Gasteiger partial charge in [-0.3, -0.25) is 4.79 Å². The van der Waals surface area contributed by atoms with Crippen molar-refractivity contribution in [1.82, 2.24) is 5.32 Å². The van der Waals surface area contributed by atoms with Crippen molar-refractivity contribution in [2.75, 3.05) is 6.54 Å². The van der Waals surface area contributed by atoms with Crippen LogP contribution in [0.2, 0.25) is 0 Å². The van der Waals surface area contributed by atoms with Crippen LogP contribution in [0.4, 0.5) is 13.2 Å². The molecule has 1 N–H and O–H groups in total. The van der Waals surface area contributed by atoms with Gasteiger partial charge in [0.2, 0.25) is 0 Å². The molecule has 5 heteroatoms. The van der Waals surface area contributed by atoms with Crippen molar-refractivity contribution in [2.24, 2.45) is 0 Å². The Morgan fingerprint density at radius 2 is 1.79 bits per heavy atom. The fraction of sp³-hybridized carbons (Fsp3) is 0.500. The fourth-order valence-corrected chi connectivity index (χ4v) is 1.63. The van der Waals surface area contributed by atoms with Gasteiger partial charge in [0.25, 0.3) is 0 Å². The van der Waals surface area contributed by atoms with Crippen molar-refractivity contribution in [1.29, 1.82) is 0 Å². The first-order chi connectivity index (χ1) is 8.79. The average molecular weight is 273 g/mol. The van der Waals surface area contributed by atoms with Crippen LogP contribution in [0.25, 0.3) is 0 Å². The van der Waals surface area contributed by atoms with Crippen molar-refractivity contribution in [3.8, 4) is 0 Å². The zero-order valence-corrected chi connectivity index (χ0v) is 11.1. The summed E-state index contributed by atoms with van der Waals surface area (Å²) in [4.78, 5) is 11.6. The molecule has 0 fully saturated rings. The Morgan fingerprint density at radius 1 is 1.21 bits per heavy atom. The summed E-state index contributed by atoms with van der Waals surface area (Å²) in [6.45, 7) is 4.57. The first kappa shape index (κ1) is 15.7. The Labute approximate surface area is 111 Å². The first-order valence-electron chi connectivity index (χ1n) is 6.20. The molecule has 1 aromatic carbocycles. The van der Waals surface area contributed by atoms with Crippen LogP contribution in [0.5, 0.6) is 0 Å². The lowest BCUT2D eigenvalue weighted by Gasteiger charge is -2.08. The molecular formula is C14H18F3NO. The van der Waals surface area contributed by atoms with Gasteiger partial charge in [0, 0.05) is 25.4 Å². The van der Waals surface area contributed by atoms with Crippen molar-refractivity contribution in [3.63, 3.8) is 0 Å². The van der Waals surface area contributed by atoms with Gasteiger partial charge in [-0.15, -0.1) is 0 Å². The lowest BCUT2D eigenvalue weighted by Crippen LogP contribution is -2.25. The van der Waals surface area contributed by atoms with Gasteiger partial charge in [0.15, 0.2) is 0 Å². The Balaban J connectivity index is 2.47. The lowest BCUT2D eigenvalue weighted by atomic mass is 10.0. The van der Waals surface area contributed by atoms with E-state index >= 15 is 0 Å². The molecule has 0 bridgehead atoms. The molecule has 1 rings (SSSR count). The molecule has 0 aliphatic heterocycles. The zero-order chi connectivity index (χ0) is 14.5. The molecule has 0 aliphatic carbocycles. The smallest absolute Gasteiger partial charge is 0.314 e. The van der Waals surface area contributed by atoms with Gasteiger partial charge in [-0.1, -0.05) is 26.0 Å². The quantitative estimate of drug-likeness (QED) is 0.862. The molecule has 0 radical (unpaired) electrons. The standard InChI is InChI=1S/C14H18F3NO/c1-10(2)18-8-7-13(19)9-11-3-5-12(6-4-11)14(15,16)17/h3-6,10,18H,7-9H2,1-2H3. The minimum Gasteiger partial charge on any atom is -0.314 e. The number of benzene rings is 1. The maximum absolute atomic E-state index is 12.3. The highest BCUT2D eigenvalue weighted by Crippen LogP contribution is 2.29. The van der Waals surface area contributed by atoms with E-state index < -0.39 is 11.7 Å². The van der Waals surface area contributed by atoms with Gasteiger partial charge in [0.05, 0.1) is 5.56 Å². The maximum Gasteiger partial charge on any atom is 0.416 e. The number of nitrogens with one attached hydrogen (secondary N) is 1. The summed E-state index contributed by atoms with van der Waals surface area (Å²) in [5.41, 5.74) is -0.0762. The maximum atomic E-state index is 12.3. The number of carbonyl (C=O) groups is 1. The Bertz CT molecular complexity index is 410. The van der Waals surface area contributed by atoms with E-state index in [4.69, 9.17) is 0 Å². The second-order valence-electron chi connectivity index (χ2n) is 4.77. The van der Waals surface area contributed by atoms with Gasteiger partial charge >= 0.3 is 6.18 Å². The molecule has 0 atom stereocenters. The lowest BCUT2D eigenvalue weighted by molar-refractivity contribution is -0.137. The van der Waals surface area contributed by atoms with Crippen molar-refractivity contribution in [2.45, 2.75) is 38.9 Å². The molecule has 2 nitrogen and oxygen atoms in total. The predicted octanol–water partition coefficient (Wildman–Crippen LogP) is 3.21. The second-order valence-corrected chi connectivity index (χ2v) is 4.77. The molecule has 0 amide bonds. The van der Waals surface area contributed by atoms with Crippen LogP contribution in [0.1, 0.15) is 31.4 Å². The van der Waals surface area contributed by atoms with Crippen LogP contribution in [0.3, 0.4) is 0 Å². The van der Waals surface area contributed by atoms with Crippen molar-refractivity contribution < 1.29 is 18.0 Å². The van der Waals surface area contributed by atoms with Crippen LogP contribution >= 0.6 is 0 Å². The summed E-state index contributed by atoms with van der Waals surface area (Å²) >= 11 is 0. The van der Waals surface area contributed by atoms with Crippen LogP contribution in [0, 0.1) is 0 Å². The Hall–Kier alpha value is -1.36. The van der Waals surface area contributed by atoms with Crippen LogP contribution in [0.15, 0.2) is 24.3 Å². The van der Waals surface area contributed by atoms with Crippen LogP contribution < -0.4 is 5.32 Å². The molecular weight excluding hydrogens is 255 g/mol. The molecule has 0 heterocycles. The number of alkyl halides is 3. The monoisotopic (exact) mass is 273 g/mol.